The van der Waals surface area contributed by atoms with Crippen LogP contribution in [0.15, 0.2) is 22.7 Å². The highest BCUT2D eigenvalue weighted by Gasteiger charge is 2.24. The third kappa shape index (κ3) is 4.24. The molecule has 0 saturated heterocycles. The van der Waals surface area contributed by atoms with Gasteiger partial charge in [-0.1, -0.05) is 28.4 Å². The second kappa shape index (κ2) is 7.02. The normalized spacial score (nSPS) is 11.9. The summed E-state index contributed by atoms with van der Waals surface area (Å²) >= 11 is 11.7. The molecule has 2 aromatic rings. The van der Waals surface area contributed by atoms with Crippen LogP contribution >= 0.6 is 23.2 Å². The molecule has 0 aliphatic rings. The molecule has 0 spiro atoms. The van der Waals surface area contributed by atoms with Crippen molar-refractivity contribution in [1.82, 2.24) is 5.16 Å². The first-order valence-corrected chi connectivity index (χ1v) is 7.44. The van der Waals surface area contributed by atoms with Crippen LogP contribution in [0.3, 0.4) is 0 Å². The molecule has 0 radical (unpaired) electrons. The molecule has 122 valence electrons. The van der Waals surface area contributed by atoms with Gasteiger partial charge in [0.25, 0.3) is 5.91 Å². The summed E-state index contributed by atoms with van der Waals surface area (Å²) in [5.74, 6) is -0.849. The fourth-order valence-corrected chi connectivity index (χ4v) is 2.44. The zero-order chi connectivity index (χ0) is 17.1. The number of carbonyl (C=O) groups is 2. The maximum Gasteiger partial charge on any atom is 0.344 e. The predicted molar refractivity (Wildman–Crippen MR) is 85.9 cm³/mol. The lowest BCUT2D eigenvalue weighted by Gasteiger charge is -2.13. The lowest BCUT2D eigenvalue weighted by Crippen LogP contribution is -2.30. The molecular formula is C15H14Cl2N2O4. The van der Waals surface area contributed by atoms with Crippen LogP contribution in [-0.2, 0) is 9.53 Å². The van der Waals surface area contributed by atoms with E-state index in [4.69, 9.17) is 32.5 Å². The first-order chi connectivity index (χ1) is 10.8. The first kappa shape index (κ1) is 17.3. The number of benzene rings is 1. The Morgan fingerprint density at radius 2 is 1.83 bits per heavy atom. The van der Waals surface area contributed by atoms with Gasteiger partial charge in [0.1, 0.15) is 11.3 Å². The SMILES string of the molecule is Cc1noc(C)c1C(=O)O[C@H](C)C(=O)Nc1cc(Cl)cc(Cl)c1. The van der Waals surface area contributed by atoms with Crippen molar-refractivity contribution in [2.45, 2.75) is 26.9 Å². The third-order valence-electron chi connectivity index (χ3n) is 3.02. The second-order valence-corrected chi connectivity index (χ2v) is 5.77. The number of ether oxygens (including phenoxy) is 1. The number of anilines is 1. The topological polar surface area (TPSA) is 81.4 Å². The van der Waals surface area contributed by atoms with Crippen molar-refractivity contribution in [2.24, 2.45) is 0 Å². The molecule has 1 heterocycles. The number of carbonyl (C=O) groups excluding carboxylic acids is 2. The van der Waals surface area contributed by atoms with Crippen molar-refractivity contribution in [2.75, 3.05) is 5.32 Å². The van der Waals surface area contributed by atoms with Gasteiger partial charge >= 0.3 is 5.97 Å². The minimum absolute atomic E-state index is 0.218. The van der Waals surface area contributed by atoms with Gasteiger partial charge in [-0.25, -0.2) is 4.79 Å². The fourth-order valence-electron chi connectivity index (χ4n) is 1.92. The molecule has 1 N–H and O–H groups in total. The van der Waals surface area contributed by atoms with Crippen LogP contribution in [-0.4, -0.2) is 23.1 Å². The quantitative estimate of drug-likeness (QED) is 0.842. The van der Waals surface area contributed by atoms with Gasteiger partial charge in [0.15, 0.2) is 6.10 Å². The molecule has 0 saturated carbocycles. The van der Waals surface area contributed by atoms with Crippen LogP contribution in [0.4, 0.5) is 5.69 Å². The molecule has 0 aliphatic heterocycles. The van der Waals surface area contributed by atoms with Gasteiger partial charge in [0.05, 0.1) is 5.69 Å². The summed E-state index contributed by atoms with van der Waals surface area (Å²) in [4.78, 5) is 24.2. The van der Waals surface area contributed by atoms with Crippen molar-refractivity contribution in [1.29, 1.82) is 0 Å². The van der Waals surface area contributed by atoms with E-state index in [1.807, 2.05) is 0 Å². The van der Waals surface area contributed by atoms with E-state index in [0.717, 1.165) is 0 Å². The van der Waals surface area contributed by atoms with E-state index >= 15 is 0 Å². The molecule has 0 unspecified atom stereocenters. The Labute approximate surface area is 142 Å². The van der Waals surface area contributed by atoms with Crippen LogP contribution in [0.2, 0.25) is 10.0 Å². The van der Waals surface area contributed by atoms with Crippen molar-refractivity contribution >= 4 is 40.8 Å². The summed E-state index contributed by atoms with van der Waals surface area (Å²) in [6, 6.07) is 4.61. The van der Waals surface area contributed by atoms with Gasteiger partial charge in [0.2, 0.25) is 0 Å². The summed E-state index contributed by atoms with van der Waals surface area (Å²) < 4.78 is 10.0. The molecule has 0 fully saturated rings. The highest BCUT2D eigenvalue weighted by atomic mass is 35.5. The van der Waals surface area contributed by atoms with Crippen LogP contribution in [0.1, 0.15) is 28.7 Å². The van der Waals surface area contributed by atoms with E-state index in [2.05, 4.69) is 10.5 Å². The van der Waals surface area contributed by atoms with Crippen molar-refractivity contribution in [3.8, 4) is 0 Å². The molecule has 8 heteroatoms. The maximum absolute atomic E-state index is 12.1. The molecule has 1 aromatic carbocycles. The van der Waals surface area contributed by atoms with Gasteiger partial charge in [-0.3, -0.25) is 4.79 Å². The molecule has 1 atom stereocenters. The lowest BCUT2D eigenvalue weighted by atomic mass is 10.2. The Morgan fingerprint density at radius 3 is 2.35 bits per heavy atom. The third-order valence-corrected chi connectivity index (χ3v) is 3.46. The molecule has 1 amide bonds. The summed E-state index contributed by atoms with van der Waals surface area (Å²) in [7, 11) is 0. The standard InChI is InChI=1S/C15H14Cl2N2O4/c1-7-13(8(2)23-19-7)15(21)22-9(3)14(20)18-12-5-10(16)4-11(17)6-12/h4-6,9H,1-3H3,(H,18,20)/t9-/m1/s1. The number of amides is 1. The summed E-state index contributed by atoms with van der Waals surface area (Å²) in [6.45, 7) is 4.67. The smallest absolute Gasteiger partial charge is 0.344 e. The molecule has 1 aromatic heterocycles. The van der Waals surface area contributed by atoms with Gasteiger partial charge in [-0.2, -0.15) is 0 Å². The van der Waals surface area contributed by atoms with Crippen LogP contribution in [0.25, 0.3) is 0 Å². The van der Waals surface area contributed by atoms with Crippen LogP contribution < -0.4 is 5.32 Å². The number of aromatic nitrogens is 1. The van der Waals surface area contributed by atoms with E-state index in [-0.39, 0.29) is 5.56 Å². The number of nitrogens with one attached hydrogen (secondary N) is 1. The molecule has 0 bridgehead atoms. The first-order valence-electron chi connectivity index (χ1n) is 6.68. The van der Waals surface area contributed by atoms with E-state index in [9.17, 15) is 9.59 Å². The number of hydrogen-bond donors (Lipinski definition) is 1. The van der Waals surface area contributed by atoms with E-state index in [1.54, 1.807) is 19.9 Å². The number of rotatable bonds is 4. The Kier molecular flexibility index (Phi) is 5.28. The summed E-state index contributed by atoms with van der Waals surface area (Å²) in [5, 5.41) is 7.02. The summed E-state index contributed by atoms with van der Waals surface area (Å²) in [5.41, 5.74) is 1.03. The maximum atomic E-state index is 12.1. The second-order valence-electron chi connectivity index (χ2n) is 4.89. The van der Waals surface area contributed by atoms with E-state index in [1.165, 1.54) is 19.1 Å². The lowest BCUT2D eigenvalue weighted by molar-refractivity contribution is -0.123. The largest absolute Gasteiger partial charge is 0.449 e. The number of hydrogen-bond acceptors (Lipinski definition) is 5. The molecule has 23 heavy (non-hydrogen) atoms. The van der Waals surface area contributed by atoms with Crippen LogP contribution in [0, 0.1) is 13.8 Å². The van der Waals surface area contributed by atoms with Gasteiger partial charge < -0.3 is 14.6 Å². The number of halogens is 2. The zero-order valence-corrected chi connectivity index (χ0v) is 14.2. The average Bonchev–Trinajstić information content (AvgIpc) is 2.76. The highest BCUT2D eigenvalue weighted by molar-refractivity contribution is 6.35. The van der Waals surface area contributed by atoms with E-state index in [0.29, 0.717) is 27.2 Å². The Hall–Kier alpha value is -2.05. The minimum Gasteiger partial charge on any atom is -0.449 e. The molecule has 2 rings (SSSR count). The van der Waals surface area contributed by atoms with Gasteiger partial charge in [-0.05, 0) is 39.0 Å². The minimum atomic E-state index is -1.02. The Balaban J connectivity index is 2.04. The van der Waals surface area contributed by atoms with Gasteiger partial charge in [0, 0.05) is 15.7 Å². The van der Waals surface area contributed by atoms with Crippen LogP contribution in [0.5, 0.6) is 0 Å². The molecular weight excluding hydrogens is 343 g/mol. The predicted octanol–water partition coefficient (Wildman–Crippen LogP) is 3.78. The number of aryl methyl sites for hydroxylation is 2. The monoisotopic (exact) mass is 356 g/mol. The number of esters is 1. The van der Waals surface area contributed by atoms with E-state index < -0.39 is 18.0 Å². The van der Waals surface area contributed by atoms with Gasteiger partial charge in [-0.15, -0.1) is 0 Å². The Morgan fingerprint density at radius 1 is 1.22 bits per heavy atom. The molecule has 6 nitrogen and oxygen atoms in total. The molecule has 0 aliphatic carbocycles. The zero-order valence-electron chi connectivity index (χ0n) is 12.6. The fraction of sp³-hybridized carbons (Fsp3) is 0.267. The number of nitrogens with zero attached hydrogens (tertiary/aromatic N) is 1. The van der Waals surface area contributed by atoms with Crippen molar-refractivity contribution < 1.29 is 18.8 Å². The highest BCUT2D eigenvalue weighted by Crippen LogP contribution is 2.23. The Bertz CT molecular complexity index is 718. The van der Waals surface area contributed by atoms with Crippen molar-refractivity contribution in [3.63, 3.8) is 0 Å². The average molecular weight is 357 g/mol. The van der Waals surface area contributed by atoms with Crippen molar-refractivity contribution in [3.05, 3.63) is 45.3 Å². The summed E-state index contributed by atoms with van der Waals surface area (Å²) in [6.07, 6.45) is -1.02.